The molecule has 2 rings (SSSR count). The molecular weight excluding hydrogens is 222 g/mol. The molecule has 2 N–H and O–H groups in total. The van der Waals surface area contributed by atoms with Crippen molar-refractivity contribution >= 4 is 17.2 Å². The van der Waals surface area contributed by atoms with Gasteiger partial charge in [0.1, 0.15) is 0 Å². The van der Waals surface area contributed by atoms with E-state index < -0.39 is 0 Å². The van der Waals surface area contributed by atoms with Crippen molar-refractivity contribution in [3.63, 3.8) is 0 Å². The van der Waals surface area contributed by atoms with Gasteiger partial charge in [-0.05, 0) is 19.4 Å². The van der Waals surface area contributed by atoms with Gasteiger partial charge in [0.15, 0.2) is 0 Å². The second-order valence-electron chi connectivity index (χ2n) is 4.01. The fraction of sp³-hybridized carbons (Fsp3) is 0.636. The highest BCUT2D eigenvalue weighted by atomic mass is 32.1. The number of carbonyl (C=O) groups excluding carboxylic acids is 1. The summed E-state index contributed by atoms with van der Waals surface area (Å²) in [4.78, 5) is 15.9. The number of nitrogens with one attached hydrogen (secondary N) is 2. The first-order chi connectivity index (χ1) is 7.86. The standard InChI is InChI=1S/C11H17N3OS/c15-11(9-2-1-4-12-8-9)14-5-3-10-13-6-7-16-10/h6-7,9,12H,1-5,8H2,(H,14,15)/t9-/m1/s1. The third-order valence-electron chi connectivity index (χ3n) is 2.79. The van der Waals surface area contributed by atoms with E-state index in [-0.39, 0.29) is 11.8 Å². The van der Waals surface area contributed by atoms with E-state index in [2.05, 4.69) is 15.6 Å². The summed E-state index contributed by atoms with van der Waals surface area (Å²) in [7, 11) is 0. The van der Waals surface area contributed by atoms with Crippen LogP contribution in [0.5, 0.6) is 0 Å². The summed E-state index contributed by atoms with van der Waals surface area (Å²) in [5, 5.41) is 9.27. The highest BCUT2D eigenvalue weighted by molar-refractivity contribution is 7.09. The number of thiazole rings is 1. The summed E-state index contributed by atoms with van der Waals surface area (Å²) in [5.41, 5.74) is 0. The van der Waals surface area contributed by atoms with E-state index in [0.717, 1.165) is 37.4 Å². The summed E-state index contributed by atoms with van der Waals surface area (Å²) >= 11 is 1.64. The van der Waals surface area contributed by atoms with Crippen LogP contribution in [-0.4, -0.2) is 30.5 Å². The molecule has 0 bridgehead atoms. The molecule has 0 aromatic carbocycles. The van der Waals surface area contributed by atoms with Crippen molar-refractivity contribution in [3.05, 3.63) is 16.6 Å². The van der Waals surface area contributed by atoms with Crippen LogP contribution < -0.4 is 10.6 Å². The predicted octanol–water partition coefficient (Wildman–Crippen LogP) is 0.801. The highest BCUT2D eigenvalue weighted by Crippen LogP contribution is 2.09. The molecule has 0 spiro atoms. The van der Waals surface area contributed by atoms with Gasteiger partial charge in [-0.2, -0.15) is 0 Å². The zero-order valence-corrected chi connectivity index (χ0v) is 10.1. The summed E-state index contributed by atoms with van der Waals surface area (Å²) in [6.45, 7) is 2.56. The third kappa shape index (κ3) is 3.28. The van der Waals surface area contributed by atoms with E-state index in [9.17, 15) is 4.79 Å². The van der Waals surface area contributed by atoms with Crippen LogP contribution in [0.15, 0.2) is 11.6 Å². The molecule has 1 aromatic rings. The normalized spacial score (nSPS) is 20.6. The van der Waals surface area contributed by atoms with Crippen molar-refractivity contribution in [2.24, 2.45) is 5.92 Å². The Labute approximate surface area is 99.5 Å². The molecule has 1 aliphatic rings. The first-order valence-electron chi connectivity index (χ1n) is 5.73. The van der Waals surface area contributed by atoms with Gasteiger partial charge in [-0.1, -0.05) is 0 Å². The average Bonchev–Trinajstić information content (AvgIpc) is 2.83. The van der Waals surface area contributed by atoms with E-state index in [1.165, 1.54) is 0 Å². The van der Waals surface area contributed by atoms with Crippen LogP contribution in [0.4, 0.5) is 0 Å². The van der Waals surface area contributed by atoms with E-state index in [0.29, 0.717) is 6.54 Å². The largest absolute Gasteiger partial charge is 0.355 e. The lowest BCUT2D eigenvalue weighted by molar-refractivity contribution is -0.125. The van der Waals surface area contributed by atoms with Gasteiger partial charge in [-0.25, -0.2) is 4.98 Å². The van der Waals surface area contributed by atoms with Gasteiger partial charge in [0, 0.05) is 31.1 Å². The predicted molar refractivity (Wildman–Crippen MR) is 64.4 cm³/mol. The van der Waals surface area contributed by atoms with Crippen LogP contribution in [0.1, 0.15) is 17.8 Å². The Morgan fingerprint density at radius 2 is 2.62 bits per heavy atom. The topological polar surface area (TPSA) is 54.0 Å². The molecular formula is C11H17N3OS. The molecule has 4 nitrogen and oxygen atoms in total. The molecule has 1 aliphatic heterocycles. The molecule has 0 radical (unpaired) electrons. The lowest BCUT2D eigenvalue weighted by Gasteiger charge is -2.21. The van der Waals surface area contributed by atoms with Crippen molar-refractivity contribution in [3.8, 4) is 0 Å². The van der Waals surface area contributed by atoms with Crippen molar-refractivity contribution in [1.82, 2.24) is 15.6 Å². The zero-order valence-electron chi connectivity index (χ0n) is 9.24. The second-order valence-corrected chi connectivity index (χ2v) is 4.99. The van der Waals surface area contributed by atoms with Gasteiger partial charge in [0.05, 0.1) is 10.9 Å². The third-order valence-corrected chi connectivity index (χ3v) is 3.63. The molecule has 0 saturated carbocycles. The van der Waals surface area contributed by atoms with Gasteiger partial charge >= 0.3 is 0 Å². The molecule has 0 aliphatic carbocycles. The molecule has 1 saturated heterocycles. The summed E-state index contributed by atoms with van der Waals surface area (Å²) in [5.74, 6) is 0.341. The number of rotatable bonds is 4. The molecule has 1 fully saturated rings. The summed E-state index contributed by atoms with van der Waals surface area (Å²) in [6.07, 6.45) is 4.75. The maximum atomic E-state index is 11.8. The quantitative estimate of drug-likeness (QED) is 0.817. The van der Waals surface area contributed by atoms with Crippen LogP contribution >= 0.6 is 11.3 Å². The minimum atomic E-state index is 0.157. The molecule has 5 heteroatoms. The number of amides is 1. The van der Waals surface area contributed by atoms with Crippen LogP contribution in [-0.2, 0) is 11.2 Å². The Balaban J connectivity index is 1.67. The molecule has 1 atom stereocenters. The SMILES string of the molecule is O=C(NCCc1nccs1)[C@@H]1CCCNC1. The van der Waals surface area contributed by atoms with E-state index in [1.54, 1.807) is 17.5 Å². The highest BCUT2D eigenvalue weighted by Gasteiger charge is 2.20. The first-order valence-corrected chi connectivity index (χ1v) is 6.61. The molecule has 88 valence electrons. The number of nitrogens with zero attached hydrogens (tertiary/aromatic N) is 1. The smallest absolute Gasteiger partial charge is 0.224 e. The Hall–Kier alpha value is -0.940. The molecule has 16 heavy (non-hydrogen) atoms. The minimum absolute atomic E-state index is 0.157. The number of piperidine rings is 1. The van der Waals surface area contributed by atoms with E-state index in [4.69, 9.17) is 0 Å². The van der Waals surface area contributed by atoms with E-state index in [1.807, 2.05) is 5.38 Å². The van der Waals surface area contributed by atoms with Crippen LogP contribution in [0.25, 0.3) is 0 Å². The van der Waals surface area contributed by atoms with E-state index >= 15 is 0 Å². The van der Waals surface area contributed by atoms with Crippen molar-refractivity contribution < 1.29 is 4.79 Å². The maximum Gasteiger partial charge on any atom is 0.224 e. The fourth-order valence-corrected chi connectivity index (χ4v) is 2.51. The molecule has 1 aromatic heterocycles. The Morgan fingerprint density at radius 3 is 3.31 bits per heavy atom. The lowest BCUT2D eigenvalue weighted by Crippen LogP contribution is -2.41. The number of aromatic nitrogens is 1. The number of carbonyl (C=O) groups is 1. The fourth-order valence-electron chi connectivity index (χ4n) is 1.89. The molecule has 1 amide bonds. The van der Waals surface area contributed by atoms with Crippen LogP contribution in [0.3, 0.4) is 0 Å². The Morgan fingerprint density at radius 1 is 1.69 bits per heavy atom. The van der Waals surface area contributed by atoms with Crippen LogP contribution in [0.2, 0.25) is 0 Å². The first kappa shape index (κ1) is 11.5. The maximum absolute atomic E-state index is 11.8. The molecule has 2 heterocycles. The van der Waals surface area contributed by atoms with Gasteiger partial charge in [0.2, 0.25) is 5.91 Å². The number of hydrogen-bond acceptors (Lipinski definition) is 4. The molecule has 0 unspecified atom stereocenters. The van der Waals surface area contributed by atoms with Crippen molar-refractivity contribution in [2.75, 3.05) is 19.6 Å². The second kappa shape index (κ2) is 5.96. The Bertz CT molecular complexity index is 320. The Kier molecular flexibility index (Phi) is 4.30. The van der Waals surface area contributed by atoms with Gasteiger partial charge < -0.3 is 10.6 Å². The summed E-state index contributed by atoms with van der Waals surface area (Å²) in [6, 6.07) is 0. The van der Waals surface area contributed by atoms with Crippen molar-refractivity contribution in [2.45, 2.75) is 19.3 Å². The minimum Gasteiger partial charge on any atom is -0.355 e. The average molecular weight is 239 g/mol. The monoisotopic (exact) mass is 239 g/mol. The zero-order chi connectivity index (χ0) is 11.2. The number of hydrogen-bond donors (Lipinski definition) is 2. The lowest BCUT2D eigenvalue weighted by atomic mass is 9.99. The van der Waals surface area contributed by atoms with Gasteiger partial charge in [0.25, 0.3) is 0 Å². The summed E-state index contributed by atoms with van der Waals surface area (Å²) < 4.78 is 0. The van der Waals surface area contributed by atoms with Crippen molar-refractivity contribution in [1.29, 1.82) is 0 Å². The van der Waals surface area contributed by atoms with Gasteiger partial charge in [-0.3, -0.25) is 4.79 Å². The van der Waals surface area contributed by atoms with Crippen LogP contribution in [0, 0.1) is 5.92 Å². The van der Waals surface area contributed by atoms with Gasteiger partial charge in [-0.15, -0.1) is 11.3 Å².